The summed E-state index contributed by atoms with van der Waals surface area (Å²) in [5.74, 6) is -0.405. The van der Waals surface area contributed by atoms with Crippen LogP contribution in [0.3, 0.4) is 0 Å². The van der Waals surface area contributed by atoms with Gasteiger partial charge in [-0.2, -0.15) is 0 Å². The molecule has 0 radical (unpaired) electrons. The van der Waals surface area contributed by atoms with Gasteiger partial charge >= 0.3 is 0 Å². The minimum absolute atomic E-state index is 0.0193. The number of thiocarbonyl (C=S) groups is 1. The average molecular weight is 366 g/mol. The molecule has 3 rings (SSSR count). The molecule has 5 nitrogen and oxygen atoms in total. The van der Waals surface area contributed by atoms with Gasteiger partial charge in [-0.25, -0.2) is 0 Å². The lowest BCUT2D eigenvalue weighted by Gasteiger charge is -2.21. The summed E-state index contributed by atoms with van der Waals surface area (Å²) in [6, 6.07) is 0. The molecule has 1 aromatic heterocycles. The zero-order valence-corrected chi connectivity index (χ0v) is 15.3. The number of carbonyl (C=O) groups excluding carboxylic acids is 2. The number of amides is 2. The predicted octanol–water partition coefficient (Wildman–Crippen LogP) is 3.12. The normalized spacial score (nSPS) is 17.8. The minimum Gasteiger partial charge on any atom is -0.365 e. The van der Waals surface area contributed by atoms with E-state index in [1.165, 1.54) is 22.6 Å². The molecule has 130 valence electrons. The van der Waals surface area contributed by atoms with Crippen LogP contribution in [0.15, 0.2) is 0 Å². The Balaban J connectivity index is 1.69. The number of nitrogens with two attached hydrogens (primary N) is 1. The van der Waals surface area contributed by atoms with E-state index in [0.717, 1.165) is 56.9 Å². The third-order valence-corrected chi connectivity index (χ3v) is 6.27. The molecule has 7 heteroatoms. The lowest BCUT2D eigenvalue weighted by molar-refractivity contribution is -0.124. The van der Waals surface area contributed by atoms with Crippen LogP contribution in [0.1, 0.15) is 65.7 Å². The van der Waals surface area contributed by atoms with E-state index in [9.17, 15) is 9.59 Å². The van der Waals surface area contributed by atoms with Crippen molar-refractivity contribution in [2.24, 2.45) is 11.7 Å². The number of hydrogen-bond acceptors (Lipinski definition) is 4. The van der Waals surface area contributed by atoms with Crippen molar-refractivity contribution < 1.29 is 9.59 Å². The molecule has 0 saturated heterocycles. The molecule has 1 heterocycles. The molecule has 1 fully saturated rings. The number of rotatable bonds is 3. The van der Waals surface area contributed by atoms with E-state index in [1.54, 1.807) is 0 Å². The van der Waals surface area contributed by atoms with Crippen LogP contribution in [0.25, 0.3) is 0 Å². The summed E-state index contributed by atoms with van der Waals surface area (Å²) in [7, 11) is 0. The van der Waals surface area contributed by atoms with Crippen LogP contribution in [-0.2, 0) is 17.6 Å². The lowest BCUT2D eigenvalue weighted by Crippen LogP contribution is -2.39. The Labute approximate surface area is 151 Å². The van der Waals surface area contributed by atoms with Crippen LogP contribution >= 0.6 is 23.6 Å². The SMILES string of the molecule is NC(=O)c1c(NC(=S)NC(=O)C2CCCCC2)sc2c1CCCC2. The van der Waals surface area contributed by atoms with Crippen molar-refractivity contribution in [2.75, 3.05) is 5.32 Å². The maximum absolute atomic E-state index is 12.3. The highest BCUT2D eigenvalue weighted by Crippen LogP contribution is 2.37. The molecule has 0 spiro atoms. The molecular formula is C17H23N3O2S2. The summed E-state index contributed by atoms with van der Waals surface area (Å²) in [6.07, 6.45) is 9.32. The smallest absolute Gasteiger partial charge is 0.251 e. The van der Waals surface area contributed by atoms with Crippen molar-refractivity contribution in [3.05, 3.63) is 16.0 Å². The summed E-state index contributed by atoms with van der Waals surface area (Å²) in [5, 5.41) is 6.74. The lowest BCUT2D eigenvalue weighted by atomic mass is 9.89. The Morgan fingerprint density at radius 2 is 1.79 bits per heavy atom. The molecule has 0 bridgehead atoms. The summed E-state index contributed by atoms with van der Waals surface area (Å²) in [6.45, 7) is 0. The first-order chi connectivity index (χ1) is 11.6. The number of nitrogens with one attached hydrogen (secondary N) is 2. The summed E-state index contributed by atoms with van der Waals surface area (Å²) < 4.78 is 0. The van der Waals surface area contributed by atoms with Crippen LogP contribution in [0.2, 0.25) is 0 Å². The van der Waals surface area contributed by atoms with Gasteiger partial charge in [-0.3, -0.25) is 9.59 Å². The summed E-state index contributed by atoms with van der Waals surface area (Å²) in [5.41, 5.74) is 7.18. The fraction of sp³-hybridized carbons (Fsp3) is 0.588. The van der Waals surface area contributed by atoms with E-state index in [4.69, 9.17) is 18.0 Å². The first-order valence-electron chi connectivity index (χ1n) is 8.62. The number of primary amides is 1. The topological polar surface area (TPSA) is 84.2 Å². The Morgan fingerprint density at radius 3 is 2.50 bits per heavy atom. The Kier molecular flexibility index (Phi) is 5.50. The maximum Gasteiger partial charge on any atom is 0.251 e. The second-order valence-electron chi connectivity index (χ2n) is 6.56. The van der Waals surface area contributed by atoms with Crippen molar-refractivity contribution in [2.45, 2.75) is 57.8 Å². The van der Waals surface area contributed by atoms with E-state index in [2.05, 4.69) is 10.6 Å². The molecule has 0 aromatic carbocycles. The fourth-order valence-corrected chi connectivity index (χ4v) is 5.19. The molecular weight excluding hydrogens is 342 g/mol. The number of hydrogen-bond donors (Lipinski definition) is 3. The van der Waals surface area contributed by atoms with Gasteiger partial charge < -0.3 is 16.4 Å². The fourth-order valence-electron chi connectivity index (χ4n) is 3.63. The van der Waals surface area contributed by atoms with Gasteiger partial charge in [-0.1, -0.05) is 19.3 Å². The van der Waals surface area contributed by atoms with E-state index < -0.39 is 5.91 Å². The highest BCUT2D eigenvalue weighted by molar-refractivity contribution is 7.80. The zero-order valence-electron chi connectivity index (χ0n) is 13.7. The Hall–Kier alpha value is -1.47. The van der Waals surface area contributed by atoms with Crippen molar-refractivity contribution in [3.8, 4) is 0 Å². The number of thiophene rings is 1. The van der Waals surface area contributed by atoms with Gasteiger partial charge in [0.1, 0.15) is 5.00 Å². The van der Waals surface area contributed by atoms with E-state index in [-0.39, 0.29) is 16.9 Å². The van der Waals surface area contributed by atoms with Crippen LogP contribution in [0.4, 0.5) is 5.00 Å². The number of anilines is 1. The second-order valence-corrected chi connectivity index (χ2v) is 8.07. The van der Waals surface area contributed by atoms with E-state index in [0.29, 0.717) is 10.6 Å². The number of carbonyl (C=O) groups is 2. The summed E-state index contributed by atoms with van der Waals surface area (Å²) in [4.78, 5) is 25.4. The molecule has 2 aliphatic carbocycles. The molecule has 1 aromatic rings. The highest BCUT2D eigenvalue weighted by Gasteiger charge is 2.26. The molecule has 1 saturated carbocycles. The molecule has 0 unspecified atom stereocenters. The molecule has 4 N–H and O–H groups in total. The van der Waals surface area contributed by atoms with E-state index >= 15 is 0 Å². The van der Waals surface area contributed by atoms with Gasteiger partial charge in [0.2, 0.25) is 5.91 Å². The molecule has 24 heavy (non-hydrogen) atoms. The largest absolute Gasteiger partial charge is 0.365 e. The van der Waals surface area contributed by atoms with Gasteiger partial charge in [-0.05, 0) is 56.3 Å². The van der Waals surface area contributed by atoms with Crippen molar-refractivity contribution in [1.82, 2.24) is 5.32 Å². The van der Waals surface area contributed by atoms with Crippen LogP contribution in [0, 0.1) is 5.92 Å². The maximum atomic E-state index is 12.3. The van der Waals surface area contributed by atoms with Gasteiger partial charge in [0.15, 0.2) is 5.11 Å². The number of aryl methyl sites for hydroxylation is 1. The van der Waals surface area contributed by atoms with Crippen molar-refractivity contribution >= 4 is 45.5 Å². The van der Waals surface area contributed by atoms with Gasteiger partial charge in [0.25, 0.3) is 5.91 Å². The first-order valence-corrected chi connectivity index (χ1v) is 9.85. The number of fused-ring (bicyclic) bond motifs is 1. The van der Waals surface area contributed by atoms with Crippen LogP contribution in [0.5, 0.6) is 0 Å². The molecule has 2 aliphatic rings. The van der Waals surface area contributed by atoms with Crippen molar-refractivity contribution in [1.29, 1.82) is 0 Å². The second kappa shape index (κ2) is 7.61. The standard InChI is InChI=1S/C17H23N3O2S2/c18-14(21)13-11-8-4-5-9-12(11)24-16(13)20-17(23)19-15(22)10-6-2-1-3-7-10/h10H,1-9H2,(H2,18,21)(H2,19,20,22,23). The average Bonchev–Trinajstić information content (AvgIpc) is 2.93. The Bertz CT molecular complexity index is 663. The third-order valence-electron chi connectivity index (χ3n) is 4.86. The molecule has 0 atom stereocenters. The van der Waals surface area contributed by atoms with Gasteiger partial charge in [0.05, 0.1) is 5.56 Å². The molecule has 2 amide bonds. The van der Waals surface area contributed by atoms with Crippen LogP contribution in [-0.4, -0.2) is 16.9 Å². The zero-order chi connectivity index (χ0) is 17.1. The third kappa shape index (κ3) is 3.78. The van der Waals surface area contributed by atoms with Crippen LogP contribution < -0.4 is 16.4 Å². The quantitative estimate of drug-likeness (QED) is 0.719. The predicted molar refractivity (Wildman–Crippen MR) is 100 cm³/mol. The first kappa shape index (κ1) is 17.4. The van der Waals surface area contributed by atoms with E-state index in [1.807, 2.05) is 0 Å². The Morgan fingerprint density at radius 1 is 1.08 bits per heavy atom. The highest BCUT2D eigenvalue weighted by atomic mass is 32.1. The monoisotopic (exact) mass is 365 g/mol. The van der Waals surface area contributed by atoms with Gasteiger partial charge in [-0.15, -0.1) is 11.3 Å². The molecule has 0 aliphatic heterocycles. The van der Waals surface area contributed by atoms with Crippen molar-refractivity contribution in [3.63, 3.8) is 0 Å². The van der Waals surface area contributed by atoms with Gasteiger partial charge in [0, 0.05) is 10.8 Å². The summed E-state index contributed by atoms with van der Waals surface area (Å²) >= 11 is 6.81. The minimum atomic E-state index is -0.432.